The molecule has 0 radical (unpaired) electrons. The molecule has 1 atom stereocenters. The molecule has 1 amide bonds. The SMILES string of the molecule is COc1ccc(OC)c(C(C)NS(=O)(=O)c2ccc(OC)c(C(=O)N3CCC(C)CC3)c2)c1. The maximum Gasteiger partial charge on any atom is 0.257 e. The Hall–Kier alpha value is -2.78. The van der Waals surface area contributed by atoms with Gasteiger partial charge in [-0.2, -0.15) is 0 Å². The van der Waals surface area contributed by atoms with Gasteiger partial charge in [-0.05, 0) is 62.1 Å². The summed E-state index contributed by atoms with van der Waals surface area (Å²) in [4.78, 5) is 14.9. The molecule has 0 aliphatic carbocycles. The minimum absolute atomic E-state index is 0.00857. The van der Waals surface area contributed by atoms with Gasteiger partial charge < -0.3 is 19.1 Å². The number of methoxy groups -OCH3 is 3. The number of carbonyl (C=O) groups is 1. The topological polar surface area (TPSA) is 94.2 Å². The van der Waals surface area contributed by atoms with Crippen molar-refractivity contribution in [2.24, 2.45) is 5.92 Å². The second kappa shape index (κ2) is 10.4. The Morgan fingerprint density at radius 3 is 2.24 bits per heavy atom. The van der Waals surface area contributed by atoms with E-state index in [-0.39, 0.29) is 16.4 Å². The number of sulfonamides is 1. The summed E-state index contributed by atoms with van der Waals surface area (Å²) in [6.45, 7) is 5.18. The van der Waals surface area contributed by atoms with Gasteiger partial charge in [0.05, 0.1) is 31.8 Å². The quantitative estimate of drug-likeness (QED) is 0.625. The van der Waals surface area contributed by atoms with E-state index in [0.717, 1.165) is 12.8 Å². The van der Waals surface area contributed by atoms with Crippen LogP contribution in [-0.2, 0) is 10.0 Å². The molecule has 0 aromatic heterocycles. The van der Waals surface area contributed by atoms with Crippen molar-refractivity contribution in [3.63, 3.8) is 0 Å². The van der Waals surface area contributed by atoms with Gasteiger partial charge in [-0.3, -0.25) is 4.79 Å². The molecule has 1 aliphatic rings. The van der Waals surface area contributed by atoms with Crippen LogP contribution in [0.4, 0.5) is 0 Å². The molecule has 9 heteroatoms. The Bertz CT molecular complexity index is 1090. The van der Waals surface area contributed by atoms with Crippen LogP contribution in [-0.4, -0.2) is 53.6 Å². The summed E-state index contributed by atoms with van der Waals surface area (Å²) >= 11 is 0. The molecule has 180 valence electrons. The van der Waals surface area contributed by atoms with E-state index in [1.54, 1.807) is 37.1 Å². The number of piperidine rings is 1. The van der Waals surface area contributed by atoms with E-state index >= 15 is 0 Å². The largest absolute Gasteiger partial charge is 0.497 e. The van der Waals surface area contributed by atoms with Crippen LogP contribution in [0.5, 0.6) is 17.2 Å². The van der Waals surface area contributed by atoms with E-state index in [2.05, 4.69) is 11.6 Å². The molecular formula is C24H32N2O6S. The van der Waals surface area contributed by atoms with Gasteiger partial charge in [0.1, 0.15) is 17.2 Å². The number of likely N-dealkylation sites (tertiary alicyclic amines) is 1. The average Bonchev–Trinajstić information content (AvgIpc) is 2.82. The first kappa shape index (κ1) is 24.9. The first-order valence-corrected chi connectivity index (χ1v) is 12.4. The number of carbonyl (C=O) groups excluding carboxylic acids is 1. The van der Waals surface area contributed by atoms with Crippen LogP contribution in [0.2, 0.25) is 0 Å². The van der Waals surface area contributed by atoms with E-state index < -0.39 is 16.1 Å². The highest BCUT2D eigenvalue weighted by Crippen LogP contribution is 2.31. The Morgan fingerprint density at radius 2 is 1.64 bits per heavy atom. The summed E-state index contributed by atoms with van der Waals surface area (Å²) in [5.74, 6) is 1.82. The predicted molar refractivity (Wildman–Crippen MR) is 126 cm³/mol. The van der Waals surface area contributed by atoms with Gasteiger partial charge in [-0.25, -0.2) is 13.1 Å². The fraction of sp³-hybridized carbons (Fsp3) is 0.458. The normalized spacial score (nSPS) is 15.7. The first-order chi connectivity index (χ1) is 15.7. The predicted octanol–water partition coefficient (Wildman–Crippen LogP) is 3.62. The molecule has 1 unspecified atom stereocenters. The van der Waals surface area contributed by atoms with Crippen molar-refractivity contribution in [2.45, 2.75) is 37.6 Å². The van der Waals surface area contributed by atoms with Crippen molar-refractivity contribution in [2.75, 3.05) is 34.4 Å². The standard InChI is InChI=1S/C24H32N2O6S/c1-16-10-12-26(13-11-16)24(27)21-15-19(7-9-23(21)32-5)33(28,29)25-17(2)20-14-18(30-3)6-8-22(20)31-4/h6-9,14-17,25H,10-13H2,1-5H3. The summed E-state index contributed by atoms with van der Waals surface area (Å²) < 4.78 is 45.1. The van der Waals surface area contributed by atoms with Crippen LogP contribution in [0.15, 0.2) is 41.3 Å². The van der Waals surface area contributed by atoms with E-state index in [9.17, 15) is 13.2 Å². The van der Waals surface area contributed by atoms with Crippen LogP contribution in [0, 0.1) is 5.92 Å². The zero-order chi connectivity index (χ0) is 24.2. The monoisotopic (exact) mass is 476 g/mol. The van der Waals surface area contributed by atoms with Gasteiger partial charge in [0.25, 0.3) is 5.91 Å². The summed E-state index contributed by atoms with van der Waals surface area (Å²) in [5.41, 5.74) is 0.870. The Labute approximate surface area is 195 Å². The minimum atomic E-state index is -3.95. The first-order valence-electron chi connectivity index (χ1n) is 10.9. The van der Waals surface area contributed by atoms with E-state index in [1.165, 1.54) is 32.4 Å². The molecule has 2 aromatic rings. The lowest BCUT2D eigenvalue weighted by molar-refractivity contribution is 0.0693. The molecule has 1 heterocycles. The molecule has 2 aromatic carbocycles. The molecule has 0 saturated carbocycles. The van der Waals surface area contributed by atoms with Crippen LogP contribution < -0.4 is 18.9 Å². The molecule has 8 nitrogen and oxygen atoms in total. The van der Waals surface area contributed by atoms with Crippen molar-refractivity contribution in [1.29, 1.82) is 0 Å². The molecular weight excluding hydrogens is 444 g/mol. The molecule has 0 bridgehead atoms. The van der Waals surface area contributed by atoms with Gasteiger partial charge in [0.2, 0.25) is 10.0 Å². The molecule has 1 fully saturated rings. The third kappa shape index (κ3) is 5.59. The highest BCUT2D eigenvalue weighted by molar-refractivity contribution is 7.89. The Balaban J connectivity index is 1.89. The smallest absolute Gasteiger partial charge is 0.257 e. The Kier molecular flexibility index (Phi) is 7.86. The van der Waals surface area contributed by atoms with E-state index in [0.29, 0.717) is 41.8 Å². The highest BCUT2D eigenvalue weighted by Gasteiger charge is 2.27. The van der Waals surface area contributed by atoms with Crippen LogP contribution >= 0.6 is 0 Å². The zero-order valence-corrected chi connectivity index (χ0v) is 20.6. The van der Waals surface area contributed by atoms with Crippen molar-refractivity contribution in [1.82, 2.24) is 9.62 Å². The third-order valence-electron chi connectivity index (χ3n) is 6.02. The molecule has 3 rings (SSSR count). The van der Waals surface area contributed by atoms with Gasteiger partial charge in [-0.15, -0.1) is 0 Å². The van der Waals surface area contributed by atoms with Crippen molar-refractivity contribution < 1.29 is 27.4 Å². The lowest BCUT2D eigenvalue weighted by Gasteiger charge is -2.30. The fourth-order valence-corrected chi connectivity index (χ4v) is 5.19. The maximum absolute atomic E-state index is 13.2. The number of amides is 1. The molecule has 33 heavy (non-hydrogen) atoms. The second-order valence-corrected chi connectivity index (χ2v) is 10.0. The molecule has 1 N–H and O–H groups in total. The third-order valence-corrected chi connectivity index (χ3v) is 7.56. The van der Waals surface area contributed by atoms with Crippen LogP contribution in [0.1, 0.15) is 48.7 Å². The van der Waals surface area contributed by atoms with Crippen molar-refractivity contribution in [3.05, 3.63) is 47.5 Å². The second-order valence-electron chi connectivity index (χ2n) is 8.29. The summed E-state index contributed by atoms with van der Waals surface area (Å²) in [6, 6.07) is 8.93. The number of hydrogen-bond donors (Lipinski definition) is 1. The van der Waals surface area contributed by atoms with Gasteiger partial charge in [0, 0.05) is 24.7 Å². The lowest BCUT2D eigenvalue weighted by atomic mass is 9.98. The molecule has 1 saturated heterocycles. The van der Waals surface area contributed by atoms with E-state index in [4.69, 9.17) is 14.2 Å². The molecule has 1 aliphatic heterocycles. The average molecular weight is 477 g/mol. The molecule has 0 spiro atoms. The number of benzene rings is 2. The summed E-state index contributed by atoms with van der Waals surface area (Å²) in [7, 11) is 0.585. The highest BCUT2D eigenvalue weighted by atomic mass is 32.2. The van der Waals surface area contributed by atoms with E-state index in [1.807, 2.05) is 0 Å². The van der Waals surface area contributed by atoms with Gasteiger partial charge in [-0.1, -0.05) is 6.92 Å². The van der Waals surface area contributed by atoms with Crippen molar-refractivity contribution in [3.8, 4) is 17.2 Å². The summed E-state index contributed by atoms with van der Waals surface area (Å²) in [6.07, 6.45) is 1.85. The lowest BCUT2D eigenvalue weighted by Crippen LogP contribution is -2.38. The van der Waals surface area contributed by atoms with Crippen LogP contribution in [0.3, 0.4) is 0 Å². The number of hydrogen-bond acceptors (Lipinski definition) is 6. The minimum Gasteiger partial charge on any atom is -0.497 e. The van der Waals surface area contributed by atoms with Gasteiger partial charge >= 0.3 is 0 Å². The van der Waals surface area contributed by atoms with Crippen LogP contribution in [0.25, 0.3) is 0 Å². The number of ether oxygens (including phenoxy) is 3. The number of nitrogens with zero attached hydrogens (tertiary/aromatic N) is 1. The summed E-state index contributed by atoms with van der Waals surface area (Å²) in [5, 5.41) is 0. The zero-order valence-electron chi connectivity index (χ0n) is 19.8. The number of rotatable bonds is 8. The maximum atomic E-state index is 13.2. The fourth-order valence-electron chi connectivity index (χ4n) is 3.95. The Morgan fingerprint density at radius 1 is 1.00 bits per heavy atom. The van der Waals surface area contributed by atoms with Crippen molar-refractivity contribution >= 4 is 15.9 Å². The number of nitrogens with one attached hydrogen (secondary N) is 1. The van der Waals surface area contributed by atoms with Gasteiger partial charge in [0.15, 0.2) is 0 Å².